The van der Waals surface area contributed by atoms with E-state index in [2.05, 4.69) is 12.2 Å². The van der Waals surface area contributed by atoms with Crippen molar-refractivity contribution in [2.45, 2.75) is 12.8 Å². The highest BCUT2D eigenvalue weighted by Gasteiger charge is 2.41. The average Bonchev–Trinajstić information content (AvgIpc) is 3.10. The van der Waals surface area contributed by atoms with Gasteiger partial charge in [-0.25, -0.2) is 0 Å². The maximum absolute atomic E-state index is 12.3. The zero-order valence-electron chi connectivity index (χ0n) is 10.6. The first-order chi connectivity index (χ1) is 9.24. The predicted octanol–water partition coefficient (Wildman–Crippen LogP) is 2.49. The highest BCUT2D eigenvalue weighted by molar-refractivity contribution is 6.21. The Morgan fingerprint density at radius 2 is 1.68 bits per heavy atom. The molecule has 1 aromatic rings. The quantitative estimate of drug-likeness (QED) is 0.600. The Morgan fingerprint density at radius 1 is 1.00 bits per heavy atom. The molecule has 1 saturated carbocycles. The van der Waals surface area contributed by atoms with Crippen molar-refractivity contribution in [1.29, 1.82) is 0 Å². The number of carbonyl (C=O) groups is 2. The monoisotopic (exact) mass is 253 g/mol. The molecule has 0 saturated heterocycles. The number of rotatable bonds is 2. The number of fused-ring (bicyclic) bond motifs is 3. The fourth-order valence-electron chi connectivity index (χ4n) is 3.74. The third-order valence-electron chi connectivity index (χ3n) is 4.71. The van der Waals surface area contributed by atoms with Crippen molar-refractivity contribution in [2.75, 3.05) is 6.54 Å². The second-order valence-electron chi connectivity index (χ2n) is 5.81. The van der Waals surface area contributed by atoms with Gasteiger partial charge >= 0.3 is 0 Å². The molecule has 0 aromatic heterocycles. The van der Waals surface area contributed by atoms with Gasteiger partial charge in [0.25, 0.3) is 11.8 Å². The maximum Gasteiger partial charge on any atom is 0.261 e. The van der Waals surface area contributed by atoms with Crippen molar-refractivity contribution < 1.29 is 9.59 Å². The van der Waals surface area contributed by atoms with Crippen LogP contribution in [0.4, 0.5) is 0 Å². The van der Waals surface area contributed by atoms with Gasteiger partial charge in [0.15, 0.2) is 0 Å². The molecule has 2 aliphatic carbocycles. The van der Waals surface area contributed by atoms with E-state index in [-0.39, 0.29) is 11.8 Å². The topological polar surface area (TPSA) is 37.4 Å². The standard InChI is InChI=1S/C16H15NO2/c18-15-13-3-1-2-4-14(13)16(19)17(15)9-12-8-10-5-6-11(12)7-10/h1-6,10-12H,7-9H2/t10-,11+,12-/m0/s1. The van der Waals surface area contributed by atoms with E-state index in [1.807, 2.05) is 12.1 Å². The molecule has 0 spiro atoms. The van der Waals surface area contributed by atoms with Crippen molar-refractivity contribution in [3.05, 3.63) is 47.5 Å². The van der Waals surface area contributed by atoms with Gasteiger partial charge in [0.1, 0.15) is 0 Å². The number of amides is 2. The Morgan fingerprint density at radius 3 is 2.21 bits per heavy atom. The molecule has 3 heteroatoms. The Balaban J connectivity index is 1.59. The van der Waals surface area contributed by atoms with Crippen LogP contribution < -0.4 is 0 Å². The molecule has 0 N–H and O–H groups in total. The predicted molar refractivity (Wildman–Crippen MR) is 70.7 cm³/mol. The van der Waals surface area contributed by atoms with E-state index >= 15 is 0 Å². The molecular formula is C16H15NO2. The van der Waals surface area contributed by atoms with E-state index in [1.165, 1.54) is 11.3 Å². The van der Waals surface area contributed by atoms with Crippen LogP contribution >= 0.6 is 0 Å². The third-order valence-corrected chi connectivity index (χ3v) is 4.71. The lowest BCUT2D eigenvalue weighted by Crippen LogP contribution is -2.35. The van der Waals surface area contributed by atoms with Gasteiger partial charge in [0.05, 0.1) is 11.1 Å². The molecule has 1 aromatic carbocycles. The summed E-state index contributed by atoms with van der Waals surface area (Å²) < 4.78 is 0. The molecule has 3 aliphatic rings. The summed E-state index contributed by atoms with van der Waals surface area (Å²) in [4.78, 5) is 26.0. The number of hydrogen-bond acceptors (Lipinski definition) is 2. The van der Waals surface area contributed by atoms with Crippen molar-refractivity contribution in [3.63, 3.8) is 0 Å². The molecule has 19 heavy (non-hydrogen) atoms. The third kappa shape index (κ3) is 1.51. The number of allylic oxidation sites excluding steroid dienone is 2. The molecule has 2 amide bonds. The van der Waals surface area contributed by atoms with Crippen LogP contribution in [0.2, 0.25) is 0 Å². The minimum atomic E-state index is -0.118. The van der Waals surface area contributed by atoms with E-state index in [4.69, 9.17) is 0 Å². The highest BCUT2D eigenvalue weighted by Crippen LogP contribution is 2.44. The summed E-state index contributed by atoms with van der Waals surface area (Å²) in [6.45, 7) is 0.581. The number of benzene rings is 1. The normalized spacial score (nSPS) is 31.4. The highest BCUT2D eigenvalue weighted by atomic mass is 16.2. The van der Waals surface area contributed by atoms with Crippen LogP contribution in [-0.2, 0) is 0 Å². The second-order valence-corrected chi connectivity index (χ2v) is 5.81. The second kappa shape index (κ2) is 3.80. The minimum absolute atomic E-state index is 0.118. The van der Waals surface area contributed by atoms with Gasteiger partial charge in [-0.15, -0.1) is 0 Å². The first kappa shape index (κ1) is 11.0. The molecule has 0 radical (unpaired) electrons. The molecule has 2 bridgehead atoms. The summed E-state index contributed by atoms with van der Waals surface area (Å²) in [5.41, 5.74) is 1.12. The Hall–Kier alpha value is -1.90. The zero-order valence-corrected chi connectivity index (χ0v) is 10.6. The van der Waals surface area contributed by atoms with Crippen LogP contribution in [0.3, 0.4) is 0 Å². The van der Waals surface area contributed by atoms with Gasteiger partial charge in [-0.05, 0) is 42.7 Å². The van der Waals surface area contributed by atoms with Gasteiger partial charge < -0.3 is 0 Å². The summed E-state index contributed by atoms with van der Waals surface area (Å²) in [6.07, 6.45) is 6.86. The van der Waals surface area contributed by atoms with Crippen molar-refractivity contribution in [3.8, 4) is 0 Å². The number of nitrogens with zero attached hydrogens (tertiary/aromatic N) is 1. The van der Waals surface area contributed by atoms with Crippen LogP contribution in [0.15, 0.2) is 36.4 Å². The zero-order chi connectivity index (χ0) is 13.0. The first-order valence-electron chi connectivity index (χ1n) is 6.87. The first-order valence-corrected chi connectivity index (χ1v) is 6.87. The van der Waals surface area contributed by atoms with Gasteiger partial charge in [-0.1, -0.05) is 24.3 Å². The van der Waals surface area contributed by atoms with Crippen molar-refractivity contribution in [1.82, 2.24) is 4.90 Å². The van der Waals surface area contributed by atoms with Gasteiger partial charge in [0, 0.05) is 6.54 Å². The molecular weight excluding hydrogens is 238 g/mol. The van der Waals surface area contributed by atoms with Crippen LogP contribution in [0.25, 0.3) is 0 Å². The van der Waals surface area contributed by atoms with Crippen LogP contribution in [0, 0.1) is 17.8 Å². The van der Waals surface area contributed by atoms with E-state index in [9.17, 15) is 9.59 Å². The molecule has 4 rings (SSSR count). The van der Waals surface area contributed by atoms with Crippen molar-refractivity contribution in [2.24, 2.45) is 17.8 Å². The maximum atomic E-state index is 12.3. The number of carbonyl (C=O) groups excluding carboxylic acids is 2. The lowest BCUT2D eigenvalue weighted by molar-refractivity contribution is 0.0621. The molecule has 1 aliphatic heterocycles. The fourth-order valence-corrected chi connectivity index (χ4v) is 3.74. The Bertz CT molecular complexity index is 570. The van der Waals surface area contributed by atoms with Crippen LogP contribution in [-0.4, -0.2) is 23.3 Å². The van der Waals surface area contributed by atoms with Gasteiger partial charge in [-0.3, -0.25) is 14.5 Å². The summed E-state index contributed by atoms with van der Waals surface area (Å²) in [5, 5.41) is 0. The van der Waals surface area contributed by atoms with E-state index in [0.29, 0.717) is 35.4 Å². The molecule has 96 valence electrons. The average molecular weight is 253 g/mol. The van der Waals surface area contributed by atoms with E-state index in [0.717, 1.165) is 6.42 Å². The number of imide groups is 1. The molecule has 3 nitrogen and oxygen atoms in total. The molecule has 1 fully saturated rings. The summed E-state index contributed by atoms with van der Waals surface area (Å²) in [7, 11) is 0. The van der Waals surface area contributed by atoms with Crippen molar-refractivity contribution >= 4 is 11.8 Å². The SMILES string of the molecule is O=C1c2ccccc2C(=O)N1C[C@@H]1C[C@H]2C=C[C@@H]1C2. The van der Waals surface area contributed by atoms with Gasteiger partial charge in [0.2, 0.25) is 0 Å². The lowest BCUT2D eigenvalue weighted by atomic mass is 9.93. The Labute approximate surface area is 111 Å². The minimum Gasteiger partial charge on any atom is -0.274 e. The fraction of sp³-hybridized carbons (Fsp3) is 0.375. The lowest BCUT2D eigenvalue weighted by Gasteiger charge is -2.23. The van der Waals surface area contributed by atoms with E-state index < -0.39 is 0 Å². The molecule has 3 atom stereocenters. The summed E-state index contributed by atoms with van der Waals surface area (Å²) >= 11 is 0. The van der Waals surface area contributed by atoms with Crippen LogP contribution in [0.5, 0.6) is 0 Å². The molecule has 1 heterocycles. The summed E-state index contributed by atoms with van der Waals surface area (Å²) in [6, 6.07) is 7.12. The molecule has 0 unspecified atom stereocenters. The number of hydrogen-bond donors (Lipinski definition) is 0. The van der Waals surface area contributed by atoms with E-state index in [1.54, 1.807) is 12.1 Å². The van der Waals surface area contributed by atoms with Gasteiger partial charge in [-0.2, -0.15) is 0 Å². The largest absolute Gasteiger partial charge is 0.274 e. The smallest absolute Gasteiger partial charge is 0.261 e. The Kier molecular flexibility index (Phi) is 2.19. The summed E-state index contributed by atoms with van der Waals surface area (Å²) in [5.74, 6) is 1.46. The van der Waals surface area contributed by atoms with Crippen LogP contribution in [0.1, 0.15) is 33.6 Å².